The first kappa shape index (κ1) is 24.5. The number of hydrogen-bond donors (Lipinski definition) is 0. The van der Waals surface area contributed by atoms with Crippen molar-refractivity contribution in [2.24, 2.45) is 0 Å². The molecule has 176 valence electrons. The van der Waals surface area contributed by atoms with Crippen molar-refractivity contribution in [3.05, 3.63) is 41.4 Å². The SMILES string of the molecule is CCOC(=O)C(C[C@H]1OC(C)(C)O[C@H]1[C@H](OCc1ccccc1)[C@H]1COC(C)(C)O1)=[N+]=[N-]. The van der Waals surface area contributed by atoms with Gasteiger partial charge in [-0.1, -0.05) is 30.3 Å². The van der Waals surface area contributed by atoms with Gasteiger partial charge in [0.2, 0.25) is 0 Å². The molecule has 2 saturated heterocycles. The fourth-order valence-electron chi connectivity index (χ4n) is 3.93. The van der Waals surface area contributed by atoms with Crippen LogP contribution in [-0.2, 0) is 39.8 Å². The van der Waals surface area contributed by atoms with Crippen molar-refractivity contribution in [3.8, 4) is 0 Å². The van der Waals surface area contributed by atoms with Gasteiger partial charge in [0, 0.05) is 0 Å². The molecule has 1 aromatic rings. The number of rotatable bonds is 9. The summed E-state index contributed by atoms with van der Waals surface area (Å²) >= 11 is 0. The summed E-state index contributed by atoms with van der Waals surface area (Å²) in [6.07, 6.45) is -2.23. The zero-order valence-electron chi connectivity index (χ0n) is 19.3. The lowest BCUT2D eigenvalue weighted by Crippen LogP contribution is -2.47. The molecule has 4 atom stereocenters. The summed E-state index contributed by atoms with van der Waals surface area (Å²) in [5, 5.41) is 0. The average Bonchev–Trinajstić information content (AvgIpc) is 3.25. The lowest BCUT2D eigenvalue weighted by Gasteiger charge is -2.30. The van der Waals surface area contributed by atoms with Gasteiger partial charge in [-0.15, -0.1) is 0 Å². The highest BCUT2D eigenvalue weighted by Crippen LogP contribution is 2.37. The van der Waals surface area contributed by atoms with E-state index >= 15 is 0 Å². The van der Waals surface area contributed by atoms with Gasteiger partial charge in [-0.25, -0.2) is 4.79 Å². The molecule has 1 aromatic carbocycles. The number of benzene rings is 1. The third-order valence-corrected chi connectivity index (χ3v) is 5.25. The second-order valence-corrected chi connectivity index (χ2v) is 8.74. The molecular formula is C23H32N2O7. The van der Waals surface area contributed by atoms with E-state index in [4.69, 9.17) is 28.4 Å². The Morgan fingerprint density at radius 2 is 1.88 bits per heavy atom. The Hall–Kier alpha value is -2.13. The minimum atomic E-state index is -0.937. The van der Waals surface area contributed by atoms with Crippen LogP contribution in [0.25, 0.3) is 5.53 Å². The van der Waals surface area contributed by atoms with E-state index in [-0.39, 0.29) is 18.7 Å². The number of ether oxygens (including phenoxy) is 6. The molecule has 3 rings (SSSR count). The smallest absolute Gasteiger partial charge is 0.416 e. The molecule has 2 heterocycles. The van der Waals surface area contributed by atoms with Gasteiger partial charge in [-0.3, -0.25) is 0 Å². The molecule has 9 heteroatoms. The molecule has 0 spiro atoms. The van der Waals surface area contributed by atoms with E-state index in [9.17, 15) is 10.3 Å². The van der Waals surface area contributed by atoms with Crippen LogP contribution in [0.2, 0.25) is 0 Å². The summed E-state index contributed by atoms with van der Waals surface area (Å²) in [6, 6.07) is 9.76. The Labute approximate surface area is 188 Å². The van der Waals surface area contributed by atoms with E-state index in [1.807, 2.05) is 44.2 Å². The molecule has 0 aromatic heterocycles. The molecule has 32 heavy (non-hydrogen) atoms. The van der Waals surface area contributed by atoms with Gasteiger partial charge in [-0.05, 0) is 40.2 Å². The highest BCUT2D eigenvalue weighted by atomic mass is 16.8. The van der Waals surface area contributed by atoms with E-state index in [1.165, 1.54) is 0 Å². The van der Waals surface area contributed by atoms with Crippen LogP contribution < -0.4 is 0 Å². The second-order valence-electron chi connectivity index (χ2n) is 8.74. The van der Waals surface area contributed by atoms with E-state index in [2.05, 4.69) is 4.79 Å². The highest BCUT2D eigenvalue weighted by molar-refractivity contribution is 6.34. The summed E-state index contributed by atoms with van der Waals surface area (Å²) in [4.78, 5) is 15.3. The standard InChI is InChI=1S/C23H32N2O7/c1-6-27-21(26)16(25-24)12-17-20(32-23(4,5)30-17)19(18-14-29-22(2,3)31-18)28-13-15-10-8-7-9-11-15/h7-11,17-20H,6,12-14H2,1-5H3/t17-,18-,19-,20-/m1/s1. The fourth-order valence-corrected chi connectivity index (χ4v) is 3.93. The Kier molecular flexibility index (Phi) is 7.82. The van der Waals surface area contributed by atoms with E-state index in [0.29, 0.717) is 13.2 Å². The summed E-state index contributed by atoms with van der Waals surface area (Å²) in [6.45, 7) is 9.74. The summed E-state index contributed by atoms with van der Waals surface area (Å²) < 4.78 is 35.4. The predicted octanol–water partition coefficient (Wildman–Crippen LogP) is 2.87. The van der Waals surface area contributed by atoms with Gasteiger partial charge >= 0.3 is 11.7 Å². The molecule has 0 unspecified atom stereocenters. The van der Waals surface area contributed by atoms with Crippen molar-refractivity contribution in [1.29, 1.82) is 0 Å². The van der Waals surface area contributed by atoms with Crippen LogP contribution >= 0.6 is 0 Å². The van der Waals surface area contributed by atoms with Crippen LogP contribution in [0.1, 0.15) is 46.6 Å². The number of carbonyl (C=O) groups excluding carboxylic acids is 1. The third-order valence-electron chi connectivity index (χ3n) is 5.25. The minimum absolute atomic E-state index is 0.00834. The first-order chi connectivity index (χ1) is 15.1. The number of carbonyl (C=O) groups is 1. The number of nitrogens with zero attached hydrogens (tertiary/aromatic N) is 2. The van der Waals surface area contributed by atoms with Crippen molar-refractivity contribution < 1.29 is 38.0 Å². The highest BCUT2D eigenvalue weighted by Gasteiger charge is 2.52. The lowest BCUT2D eigenvalue weighted by molar-refractivity contribution is -0.190. The zero-order chi connectivity index (χ0) is 23.4. The molecule has 0 aliphatic carbocycles. The maximum atomic E-state index is 12.2. The molecule has 0 bridgehead atoms. The van der Waals surface area contributed by atoms with Gasteiger partial charge in [0.15, 0.2) is 11.6 Å². The summed E-state index contributed by atoms with van der Waals surface area (Å²) in [7, 11) is 0. The van der Waals surface area contributed by atoms with Crippen molar-refractivity contribution in [1.82, 2.24) is 0 Å². The molecule has 0 radical (unpaired) electrons. The normalized spacial score (nSPS) is 27.0. The van der Waals surface area contributed by atoms with Gasteiger partial charge < -0.3 is 34.0 Å². The van der Waals surface area contributed by atoms with Crippen LogP contribution in [0.5, 0.6) is 0 Å². The first-order valence-electron chi connectivity index (χ1n) is 10.8. The molecule has 9 nitrogen and oxygen atoms in total. The fraction of sp³-hybridized carbons (Fsp3) is 0.652. The average molecular weight is 449 g/mol. The molecule has 0 N–H and O–H groups in total. The zero-order valence-corrected chi connectivity index (χ0v) is 19.3. The topological polar surface area (TPSA) is 109 Å². The molecule has 0 saturated carbocycles. The summed E-state index contributed by atoms with van der Waals surface area (Å²) in [5.74, 6) is -2.40. The van der Waals surface area contributed by atoms with Crippen LogP contribution in [-0.4, -0.2) is 65.7 Å². The van der Waals surface area contributed by atoms with E-state index < -0.39 is 42.0 Å². The van der Waals surface area contributed by atoms with Gasteiger partial charge in [0.1, 0.15) is 24.4 Å². The maximum Gasteiger partial charge on any atom is 0.416 e. The van der Waals surface area contributed by atoms with Crippen LogP contribution in [0, 0.1) is 0 Å². The number of hydrogen-bond acceptors (Lipinski definition) is 7. The van der Waals surface area contributed by atoms with Gasteiger partial charge in [0.05, 0.1) is 26.2 Å². The van der Waals surface area contributed by atoms with Gasteiger partial charge in [0.25, 0.3) is 0 Å². The third kappa shape index (κ3) is 6.22. The van der Waals surface area contributed by atoms with Crippen molar-refractivity contribution in [3.63, 3.8) is 0 Å². The van der Waals surface area contributed by atoms with Crippen LogP contribution in [0.3, 0.4) is 0 Å². The molecule has 2 aliphatic rings. The van der Waals surface area contributed by atoms with Gasteiger partial charge in [-0.2, -0.15) is 4.79 Å². The van der Waals surface area contributed by atoms with Crippen LogP contribution in [0.4, 0.5) is 0 Å². The molecule has 2 aliphatic heterocycles. The van der Waals surface area contributed by atoms with Crippen molar-refractivity contribution in [2.75, 3.05) is 13.2 Å². The molecular weight excluding hydrogens is 416 g/mol. The van der Waals surface area contributed by atoms with E-state index in [0.717, 1.165) is 5.56 Å². The summed E-state index contributed by atoms with van der Waals surface area (Å²) in [5.41, 5.74) is 10.2. The Morgan fingerprint density at radius 3 is 2.47 bits per heavy atom. The Morgan fingerprint density at radius 1 is 1.16 bits per heavy atom. The van der Waals surface area contributed by atoms with E-state index in [1.54, 1.807) is 20.8 Å². The molecule has 2 fully saturated rings. The molecule has 0 amide bonds. The van der Waals surface area contributed by atoms with Crippen LogP contribution in [0.15, 0.2) is 30.3 Å². The largest absolute Gasteiger partial charge is 0.457 e. The Balaban J connectivity index is 1.84. The predicted molar refractivity (Wildman–Crippen MR) is 114 cm³/mol. The quantitative estimate of drug-likeness (QED) is 0.247. The van der Waals surface area contributed by atoms with Crippen molar-refractivity contribution >= 4 is 11.7 Å². The van der Waals surface area contributed by atoms with Crippen molar-refractivity contribution in [2.45, 2.75) is 83.6 Å². The minimum Gasteiger partial charge on any atom is -0.457 e. The monoisotopic (exact) mass is 448 g/mol. The lowest BCUT2D eigenvalue weighted by atomic mass is 9.98. The second kappa shape index (κ2) is 10.2. The Bertz CT molecular complexity index is 836. The number of esters is 1. The maximum absolute atomic E-state index is 12.2. The first-order valence-corrected chi connectivity index (χ1v) is 10.8.